The fraction of sp³-hybridized carbons (Fsp3) is 0.346. The molecular weight excluding hydrogens is 572 g/mol. The normalized spacial score (nSPS) is 14.6. The Labute approximate surface area is 224 Å². The van der Waals surface area contributed by atoms with Crippen LogP contribution in [0.2, 0.25) is 0 Å². The van der Waals surface area contributed by atoms with E-state index in [-0.39, 0.29) is 22.2 Å². The van der Waals surface area contributed by atoms with Gasteiger partial charge in [-0.1, -0.05) is 34.1 Å². The Hall–Kier alpha value is -3.41. The molecule has 0 bridgehead atoms. The predicted octanol–water partition coefficient (Wildman–Crippen LogP) is 6.69. The molecule has 0 radical (unpaired) electrons. The molecule has 12 heteroatoms. The van der Waals surface area contributed by atoms with Crippen molar-refractivity contribution in [2.24, 2.45) is 0 Å². The quantitative estimate of drug-likeness (QED) is 0.245. The molecule has 1 aliphatic carbocycles. The van der Waals surface area contributed by atoms with Crippen molar-refractivity contribution in [3.63, 3.8) is 0 Å². The molecule has 202 valence electrons. The molecule has 7 nitrogen and oxygen atoms in total. The van der Waals surface area contributed by atoms with Gasteiger partial charge in [-0.2, -0.15) is 18.3 Å². The second-order valence-electron chi connectivity index (χ2n) is 9.96. The molecule has 2 amide bonds. The Morgan fingerprint density at radius 3 is 2.45 bits per heavy atom. The van der Waals surface area contributed by atoms with E-state index >= 15 is 0 Å². The van der Waals surface area contributed by atoms with E-state index < -0.39 is 41.0 Å². The highest BCUT2D eigenvalue weighted by atomic mass is 79.9. The minimum atomic E-state index is -4.82. The number of nitrogens with zero attached hydrogens (tertiary/aromatic N) is 2. The van der Waals surface area contributed by atoms with E-state index in [1.807, 2.05) is 0 Å². The van der Waals surface area contributed by atoms with Gasteiger partial charge in [0.05, 0.1) is 15.7 Å². The zero-order valence-electron chi connectivity index (χ0n) is 20.7. The largest absolute Gasteiger partial charge is 0.444 e. The lowest BCUT2D eigenvalue weighted by atomic mass is 10.1. The van der Waals surface area contributed by atoms with Crippen molar-refractivity contribution in [1.82, 2.24) is 15.1 Å². The number of ether oxygens (including phenoxy) is 1. The molecule has 0 spiro atoms. The van der Waals surface area contributed by atoms with Crippen molar-refractivity contribution >= 4 is 33.6 Å². The van der Waals surface area contributed by atoms with Gasteiger partial charge in [-0.3, -0.25) is 4.79 Å². The summed E-state index contributed by atoms with van der Waals surface area (Å²) in [4.78, 5) is 25.1. The molecule has 1 aromatic heterocycles. The van der Waals surface area contributed by atoms with E-state index in [2.05, 4.69) is 31.7 Å². The summed E-state index contributed by atoms with van der Waals surface area (Å²) in [6.07, 6.45) is -3.81. The van der Waals surface area contributed by atoms with Crippen molar-refractivity contribution < 1.29 is 31.9 Å². The maximum absolute atomic E-state index is 14.5. The van der Waals surface area contributed by atoms with Crippen LogP contribution in [0, 0.1) is 5.82 Å². The van der Waals surface area contributed by atoms with Gasteiger partial charge < -0.3 is 15.4 Å². The second kappa shape index (κ2) is 10.0. The highest BCUT2D eigenvalue weighted by molar-refractivity contribution is 9.09. The molecule has 0 atom stereocenters. The molecule has 0 unspecified atom stereocenters. The van der Waals surface area contributed by atoms with Crippen LogP contribution in [0.1, 0.15) is 60.9 Å². The summed E-state index contributed by atoms with van der Waals surface area (Å²) in [6.45, 7) is 5.15. The third kappa shape index (κ3) is 6.53. The van der Waals surface area contributed by atoms with E-state index in [9.17, 15) is 27.2 Å². The molecule has 2 aromatic carbocycles. The first-order valence-electron chi connectivity index (χ1n) is 11.7. The fourth-order valence-electron chi connectivity index (χ4n) is 3.65. The Kier molecular flexibility index (Phi) is 7.30. The number of carbonyl (C=O) groups excluding carboxylic acids is 2. The number of carbonyl (C=O) groups is 2. The second-order valence-corrected chi connectivity index (χ2v) is 11.5. The molecule has 38 heavy (non-hydrogen) atoms. The van der Waals surface area contributed by atoms with Crippen molar-refractivity contribution in [3.8, 4) is 5.69 Å². The van der Waals surface area contributed by atoms with E-state index in [0.717, 1.165) is 23.1 Å². The number of aromatic nitrogens is 2. The van der Waals surface area contributed by atoms with Crippen LogP contribution in [-0.4, -0.2) is 27.4 Å². The number of anilines is 1. The number of benzene rings is 2. The number of rotatable bonds is 6. The lowest BCUT2D eigenvalue weighted by molar-refractivity contribution is -0.141. The minimum Gasteiger partial charge on any atom is -0.444 e. The van der Waals surface area contributed by atoms with Gasteiger partial charge in [0, 0.05) is 12.6 Å². The van der Waals surface area contributed by atoms with E-state index in [1.165, 1.54) is 24.3 Å². The molecule has 3 aromatic rings. The summed E-state index contributed by atoms with van der Waals surface area (Å²) in [5.74, 6) is -1.70. The van der Waals surface area contributed by atoms with Crippen molar-refractivity contribution in [2.75, 3.05) is 5.32 Å². The highest BCUT2D eigenvalue weighted by Gasteiger charge is 2.42. The van der Waals surface area contributed by atoms with Crippen LogP contribution in [-0.2, 0) is 21.8 Å². The molecular formula is C26H25BrF4N4O3. The number of hydrogen-bond acceptors (Lipinski definition) is 4. The summed E-state index contributed by atoms with van der Waals surface area (Å²) < 4.78 is 60.8. The van der Waals surface area contributed by atoms with Crippen LogP contribution in [0.25, 0.3) is 5.69 Å². The molecule has 4 rings (SSSR count). The third-order valence-corrected chi connectivity index (χ3v) is 6.90. The number of alkyl halides is 4. The molecule has 0 aliphatic heterocycles. The number of nitrogens with one attached hydrogen (secondary N) is 2. The summed E-state index contributed by atoms with van der Waals surface area (Å²) in [7, 11) is 0. The highest BCUT2D eigenvalue weighted by Crippen LogP contribution is 2.54. The number of amides is 2. The standard InChI is InChI=1S/C26H25BrF4N4O3/c1-24(2,3)38-23(37)32-14-15-5-4-6-17(11-15)35-20(13-21(34-35)26(29,30)31)22(36)33-19-12-16(7-8-18(19)28)25(27)9-10-25/h4-8,11-13H,9-10,14H2,1-3H3,(H,32,37)(H,33,36). The first kappa shape index (κ1) is 27.6. The van der Waals surface area contributed by atoms with Gasteiger partial charge in [-0.15, -0.1) is 0 Å². The SMILES string of the molecule is CC(C)(C)OC(=O)NCc1cccc(-n2nc(C(F)(F)F)cc2C(=O)Nc2cc(C3(Br)CC3)ccc2F)c1. The van der Waals surface area contributed by atoms with E-state index in [4.69, 9.17) is 4.74 Å². The van der Waals surface area contributed by atoms with Gasteiger partial charge in [-0.25, -0.2) is 13.9 Å². The molecule has 1 heterocycles. The van der Waals surface area contributed by atoms with Gasteiger partial charge in [0.15, 0.2) is 5.69 Å². The van der Waals surface area contributed by atoms with Crippen molar-refractivity contribution in [3.05, 3.63) is 76.9 Å². The summed E-state index contributed by atoms with van der Waals surface area (Å²) >= 11 is 3.57. The van der Waals surface area contributed by atoms with Gasteiger partial charge >= 0.3 is 12.3 Å². The van der Waals surface area contributed by atoms with E-state index in [1.54, 1.807) is 39.0 Å². The average molecular weight is 597 g/mol. The van der Waals surface area contributed by atoms with E-state index in [0.29, 0.717) is 11.6 Å². The average Bonchev–Trinajstić information content (AvgIpc) is 3.39. The Bertz CT molecular complexity index is 1380. The molecule has 1 saturated carbocycles. The number of alkyl carbamates (subject to hydrolysis) is 1. The maximum Gasteiger partial charge on any atom is 0.435 e. The van der Waals surface area contributed by atoms with Crippen LogP contribution in [0.15, 0.2) is 48.5 Å². The summed E-state index contributed by atoms with van der Waals surface area (Å²) in [5.41, 5.74) is -1.18. The molecule has 1 aliphatic rings. The third-order valence-electron chi connectivity index (χ3n) is 5.64. The zero-order chi connectivity index (χ0) is 27.9. The summed E-state index contributed by atoms with van der Waals surface area (Å²) in [6, 6.07) is 11.0. The predicted molar refractivity (Wildman–Crippen MR) is 136 cm³/mol. The van der Waals surface area contributed by atoms with Gasteiger partial charge in [0.2, 0.25) is 0 Å². The van der Waals surface area contributed by atoms with Gasteiger partial charge in [0.25, 0.3) is 5.91 Å². The molecule has 0 saturated heterocycles. The first-order valence-corrected chi connectivity index (χ1v) is 12.5. The lowest BCUT2D eigenvalue weighted by Gasteiger charge is -2.19. The number of halogens is 5. The topological polar surface area (TPSA) is 85.2 Å². The van der Waals surface area contributed by atoms with Crippen LogP contribution in [0.4, 0.5) is 28.0 Å². The molecule has 2 N–H and O–H groups in total. The Balaban J connectivity index is 1.62. The fourth-order valence-corrected chi connectivity index (χ4v) is 4.09. The first-order chi connectivity index (χ1) is 17.6. The lowest BCUT2D eigenvalue weighted by Crippen LogP contribution is -2.32. The zero-order valence-corrected chi connectivity index (χ0v) is 22.3. The van der Waals surface area contributed by atoms with Crippen molar-refractivity contribution in [1.29, 1.82) is 0 Å². The maximum atomic E-state index is 14.5. The van der Waals surface area contributed by atoms with Crippen LogP contribution in [0.3, 0.4) is 0 Å². The summed E-state index contributed by atoms with van der Waals surface area (Å²) in [5, 5.41) is 8.55. The van der Waals surface area contributed by atoms with Gasteiger partial charge in [-0.05, 0) is 69.0 Å². The van der Waals surface area contributed by atoms with Crippen LogP contribution < -0.4 is 10.6 Å². The van der Waals surface area contributed by atoms with Crippen molar-refractivity contribution in [2.45, 2.75) is 56.3 Å². The molecule has 1 fully saturated rings. The van der Waals surface area contributed by atoms with Crippen LogP contribution in [0.5, 0.6) is 0 Å². The number of hydrogen-bond donors (Lipinski definition) is 2. The monoisotopic (exact) mass is 596 g/mol. The smallest absolute Gasteiger partial charge is 0.435 e. The Morgan fingerprint density at radius 1 is 1.11 bits per heavy atom. The minimum absolute atomic E-state index is 0.0178. The Morgan fingerprint density at radius 2 is 1.82 bits per heavy atom. The van der Waals surface area contributed by atoms with Crippen LogP contribution >= 0.6 is 15.9 Å². The van der Waals surface area contributed by atoms with Gasteiger partial charge in [0.1, 0.15) is 17.1 Å².